The molecular formula is C16H18N2O6. The van der Waals surface area contributed by atoms with Crippen LogP contribution in [-0.2, 0) is 6.42 Å². The summed E-state index contributed by atoms with van der Waals surface area (Å²) in [5, 5.41) is 14.0. The van der Waals surface area contributed by atoms with Crippen molar-refractivity contribution in [2.24, 2.45) is 0 Å². The molecule has 0 saturated carbocycles. The monoisotopic (exact) mass is 334 g/mol. The minimum Gasteiger partial charge on any atom is -0.493 e. The smallest absolute Gasteiger partial charge is 0.286 e. The summed E-state index contributed by atoms with van der Waals surface area (Å²) in [6.45, 7) is 1.80. The summed E-state index contributed by atoms with van der Waals surface area (Å²) in [5.41, 5.74) is 0.488. The molecule has 24 heavy (non-hydrogen) atoms. The molecule has 0 aliphatic carbocycles. The van der Waals surface area contributed by atoms with E-state index in [1.807, 2.05) is 0 Å². The van der Waals surface area contributed by atoms with Crippen molar-refractivity contribution >= 4 is 11.6 Å². The Hall–Kier alpha value is -3.03. The van der Waals surface area contributed by atoms with Crippen molar-refractivity contribution < 1.29 is 23.6 Å². The van der Waals surface area contributed by atoms with E-state index in [4.69, 9.17) is 13.9 Å². The van der Waals surface area contributed by atoms with Crippen LogP contribution in [0.5, 0.6) is 11.5 Å². The van der Waals surface area contributed by atoms with Crippen LogP contribution in [-0.4, -0.2) is 31.1 Å². The van der Waals surface area contributed by atoms with Gasteiger partial charge in [0.15, 0.2) is 11.5 Å². The minimum absolute atomic E-state index is 0.0864. The van der Waals surface area contributed by atoms with E-state index in [0.717, 1.165) is 5.56 Å². The van der Waals surface area contributed by atoms with Crippen molar-refractivity contribution in [2.45, 2.75) is 19.4 Å². The van der Waals surface area contributed by atoms with Gasteiger partial charge in [-0.2, -0.15) is 0 Å². The maximum Gasteiger partial charge on any atom is 0.286 e. The van der Waals surface area contributed by atoms with Crippen LogP contribution in [0.1, 0.15) is 22.8 Å². The minimum atomic E-state index is -0.627. The Morgan fingerprint density at radius 2 is 2.00 bits per heavy atom. The molecule has 1 aromatic heterocycles. The highest BCUT2D eigenvalue weighted by Gasteiger charge is 2.25. The first-order chi connectivity index (χ1) is 11.5. The number of benzene rings is 1. The Labute approximate surface area is 138 Å². The third-order valence-corrected chi connectivity index (χ3v) is 3.44. The Kier molecular flexibility index (Phi) is 5.41. The van der Waals surface area contributed by atoms with Crippen molar-refractivity contribution in [1.82, 2.24) is 5.32 Å². The summed E-state index contributed by atoms with van der Waals surface area (Å²) < 4.78 is 15.1. The van der Waals surface area contributed by atoms with Gasteiger partial charge in [-0.05, 0) is 25.0 Å². The van der Waals surface area contributed by atoms with Crippen LogP contribution >= 0.6 is 0 Å². The van der Waals surface area contributed by atoms with Crippen molar-refractivity contribution in [3.05, 3.63) is 52.0 Å². The molecule has 8 heteroatoms. The fourth-order valence-corrected chi connectivity index (χ4v) is 2.32. The molecule has 128 valence electrons. The van der Waals surface area contributed by atoms with Gasteiger partial charge in [-0.1, -0.05) is 0 Å². The summed E-state index contributed by atoms with van der Waals surface area (Å²) in [4.78, 5) is 23.1. The number of furan rings is 1. The Morgan fingerprint density at radius 1 is 1.33 bits per heavy atom. The van der Waals surface area contributed by atoms with Crippen LogP contribution < -0.4 is 14.8 Å². The maximum absolute atomic E-state index is 12.4. The van der Waals surface area contributed by atoms with Crippen molar-refractivity contribution in [1.29, 1.82) is 0 Å². The van der Waals surface area contributed by atoms with Crippen LogP contribution in [0.25, 0.3) is 0 Å². The average Bonchev–Trinajstić information content (AvgIpc) is 3.05. The standard InChI is InChI=1S/C16H18N2O6/c1-10(6-11-4-5-24-9-11)17-16(19)12-7-14(22-2)15(23-3)8-13(12)18(20)21/h4-5,7-10H,6H2,1-3H3,(H,17,19). The van der Waals surface area contributed by atoms with E-state index >= 15 is 0 Å². The molecule has 2 aromatic rings. The van der Waals surface area contributed by atoms with E-state index in [1.54, 1.807) is 25.5 Å². The van der Waals surface area contributed by atoms with Gasteiger partial charge in [0, 0.05) is 12.1 Å². The average molecular weight is 334 g/mol. The topological polar surface area (TPSA) is 104 Å². The second-order valence-electron chi connectivity index (χ2n) is 5.19. The highest BCUT2D eigenvalue weighted by atomic mass is 16.6. The third kappa shape index (κ3) is 3.83. The molecule has 0 saturated heterocycles. The van der Waals surface area contributed by atoms with Crippen molar-refractivity contribution in [3.63, 3.8) is 0 Å². The molecule has 2 rings (SSSR count). The number of amides is 1. The predicted octanol–water partition coefficient (Wildman–Crippen LogP) is 2.57. The molecule has 1 amide bonds. The van der Waals surface area contributed by atoms with E-state index < -0.39 is 10.8 Å². The first-order valence-corrected chi connectivity index (χ1v) is 7.18. The van der Waals surface area contributed by atoms with Gasteiger partial charge in [0.25, 0.3) is 11.6 Å². The number of nitrogens with zero attached hydrogens (tertiary/aromatic N) is 1. The van der Waals surface area contributed by atoms with E-state index in [2.05, 4.69) is 5.32 Å². The molecule has 1 unspecified atom stereocenters. The van der Waals surface area contributed by atoms with Gasteiger partial charge < -0.3 is 19.2 Å². The fraction of sp³-hybridized carbons (Fsp3) is 0.312. The zero-order chi connectivity index (χ0) is 17.7. The summed E-state index contributed by atoms with van der Waals surface area (Å²) in [5.74, 6) is -0.124. The number of carbonyl (C=O) groups is 1. The molecule has 0 aliphatic heterocycles. The number of nitro groups is 1. The van der Waals surface area contributed by atoms with E-state index in [-0.39, 0.29) is 28.8 Å². The highest BCUT2D eigenvalue weighted by Crippen LogP contribution is 2.34. The lowest BCUT2D eigenvalue weighted by Crippen LogP contribution is -2.34. The first kappa shape index (κ1) is 17.3. The van der Waals surface area contributed by atoms with Gasteiger partial charge in [0.05, 0.1) is 37.7 Å². The van der Waals surface area contributed by atoms with Crippen LogP contribution in [0.3, 0.4) is 0 Å². The summed E-state index contributed by atoms with van der Waals surface area (Å²) in [6.07, 6.45) is 3.67. The Morgan fingerprint density at radius 3 is 2.54 bits per heavy atom. The lowest BCUT2D eigenvalue weighted by Gasteiger charge is -2.14. The Bertz CT molecular complexity index is 726. The molecule has 0 radical (unpaired) electrons. The number of nitro benzene ring substituents is 1. The number of hydrogen-bond donors (Lipinski definition) is 1. The molecule has 0 aliphatic rings. The van der Waals surface area contributed by atoms with Gasteiger partial charge >= 0.3 is 0 Å². The van der Waals surface area contributed by atoms with Crippen LogP contribution in [0.15, 0.2) is 35.1 Å². The van der Waals surface area contributed by atoms with Crippen molar-refractivity contribution in [2.75, 3.05) is 14.2 Å². The lowest BCUT2D eigenvalue weighted by molar-refractivity contribution is -0.385. The first-order valence-electron chi connectivity index (χ1n) is 7.18. The van der Waals surface area contributed by atoms with Crippen LogP contribution in [0, 0.1) is 10.1 Å². The zero-order valence-electron chi connectivity index (χ0n) is 13.6. The molecular weight excluding hydrogens is 316 g/mol. The molecule has 0 fully saturated rings. The molecule has 0 spiro atoms. The highest BCUT2D eigenvalue weighted by molar-refractivity contribution is 5.99. The third-order valence-electron chi connectivity index (χ3n) is 3.44. The van der Waals surface area contributed by atoms with Gasteiger partial charge in [0.2, 0.25) is 0 Å². The molecule has 0 bridgehead atoms. The normalized spacial score (nSPS) is 11.6. The van der Waals surface area contributed by atoms with Gasteiger partial charge in [-0.15, -0.1) is 0 Å². The summed E-state index contributed by atoms with van der Waals surface area (Å²) in [7, 11) is 2.77. The number of carbonyl (C=O) groups excluding carboxylic acids is 1. The second-order valence-corrected chi connectivity index (χ2v) is 5.19. The van der Waals surface area contributed by atoms with Gasteiger partial charge in [-0.25, -0.2) is 0 Å². The Balaban J connectivity index is 2.25. The molecule has 1 aromatic carbocycles. The van der Waals surface area contributed by atoms with Gasteiger partial charge in [-0.3, -0.25) is 14.9 Å². The number of rotatable bonds is 7. The number of ether oxygens (including phenoxy) is 2. The van der Waals surface area contributed by atoms with E-state index in [0.29, 0.717) is 6.42 Å². The van der Waals surface area contributed by atoms with E-state index in [9.17, 15) is 14.9 Å². The van der Waals surface area contributed by atoms with Crippen molar-refractivity contribution in [3.8, 4) is 11.5 Å². The SMILES string of the molecule is COc1cc(C(=O)NC(C)Cc2ccoc2)c([N+](=O)[O-])cc1OC. The maximum atomic E-state index is 12.4. The fourth-order valence-electron chi connectivity index (χ4n) is 2.32. The molecule has 1 heterocycles. The molecule has 1 N–H and O–H groups in total. The van der Waals surface area contributed by atoms with Crippen LogP contribution in [0.2, 0.25) is 0 Å². The summed E-state index contributed by atoms with van der Waals surface area (Å²) in [6, 6.07) is 4.04. The van der Waals surface area contributed by atoms with Crippen LogP contribution in [0.4, 0.5) is 5.69 Å². The predicted molar refractivity (Wildman–Crippen MR) is 85.5 cm³/mol. The number of hydrogen-bond acceptors (Lipinski definition) is 6. The number of methoxy groups -OCH3 is 2. The summed E-state index contributed by atoms with van der Waals surface area (Å²) >= 11 is 0. The zero-order valence-corrected chi connectivity index (χ0v) is 13.6. The molecule has 8 nitrogen and oxygen atoms in total. The van der Waals surface area contributed by atoms with E-state index in [1.165, 1.54) is 26.4 Å². The quantitative estimate of drug-likeness (QED) is 0.616. The lowest BCUT2D eigenvalue weighted by atomic mass is 10.1. The largest absolute Gasteiger partial charge is 0.493 e. The number of nitrogens with one attached hydrogen (secondary N) is 1. The molecule has 1 atom stereocenters. The van der Waals surface area contributed by atoms with Gasteiger partial charge in [0.1, 0.15) is 5.56 Å². The second kappa shape index (κ2) is 7.49.